The number of nitrogens with zero attached hydrogens (tertiary/aromatic N) is 1. The molecule has 1 heterocycles. The van der Waals surface area contributed by atoms with E-state index in [1.165, 1.54) is 16.7 Å². The van der Waals surface area contributed by atoms with Gasteiger partial charge in [0, 0.05) is 18.2 Å². The molecule has 2 nitrogen and oxygen atoms in total. The molecule has 1 aliphatic rings. The number of hydrogen-bond donors (Lipinski definition) is 1. The summed E-state index contributed by atoms with van der Waals surface area (Å²) in [4.78, 5) is 0. The summed E-state index contributed by atoms with van der Waals surface area (Å²) in [5, 5.41) is 11.9. The molecular formula is C12H12N2. The molecule has 1 aromatic rings. The molecule has 0 amide bonds. The van der Waals surface area contributed by atoms with Crippen LogP contribution in [0.2, 0.25) is 0 Å². The lowest BCUT2D eigenvalue weighted by molar-refractivity contribution is 0.814. The molecule has 0 aliphatic carbocycles. The van der Waals surface area contributed by atoms with Crippen molar-refractivity contribution in [3.63, 3.8) is 0 Å². The smallest absolute Gasteiger partial charge is 0.0933 e. The lowest BCUT2D eigenvalue weighted by atomic mass is 9.96. The van der Waals surface area contributed by atoms with Crippen molar-refractivity contribution in [1.82, 2.24) is 5.32 Å². The van der Waals surface area contributed by atoms with Gasteiger partial charge in [0.2, 0.25) is 0 Å². The molecule has 0 radical (unpaired) electrons. The Kier molecular flexibility index (Phi) is 2.24. The highest BCUT2D eigenvalue weighted by Crippen LogP contribution is 2.22. The first-order valence-corrected chi connectivity index (χ1v) is 4.75. The fourth-order valence-electron chi connectivity index (χ4n) is 1.78. The standard InChI is InChI=1S/C12H12N2/c1-9-2-3-10-5-7-14-12(4-6-13)11(10)8-9/h2-4,8,14H,5,7H2,1H3/b12-4+. The van der Waals surface area contributed by atoms with Crippen LogP contribution in [-0.2, 0) is 6.42 Å². The van der Waals surface area contributed by atoms with Crippen LogP contribution in [0.5, 0.6) is 0 Å². The van der Waals surface area contributed by atoms with E-state index in [4.69, 9.17) is 5.26 Å². The Labute approximate surface area is 83.9 Å². The van der Waals surface area contributed by atoms with Crippen LogP contribution in [0.15, 0.2) is 24.3 Å². The summed E-state index contributed by atoms with van der Waals surface area (Å²) in [5.41, 5.74) is 4.70. The molecule has 0 aromatic heterocycles. The van der Waals surface area contributed by atoms with Gasteiger partial charge in [0.1, 0.15) is 0 Å². The SMILES string of the molecule is Cc1ccc2c(c1)/C(=C\C#N)NCC2. The number of allylic oxidation sites excluding steroid dienone is 1. The molecule has 2 rings (SSSR count). The van der Waals surface area contributed by atoms with E-state index in [9.17, 15) is 0 Å². The van der Waals surface area contributed by atoms with Crippen LogP contribution in [0.3, 0.4) is 0 Å². The third kappa shape index (κ3) is 1.49. The molecule has 70 valence electrons. The van der Waals surface area contributed by atoms with Crippen molar-refractivity contribution >= 4 is 5.70 Å². The maximum absolute atomic E-state index is 8.65. The predicted octanol–water partition coefficient (Wildman–Crippen LogP) is 2.01. The third-order valence-corrected chi connectivity index (χ3v) is 2.47. The largest absolute Gasteiger partial charge is 0.384 e. The van der Waals surface area contributed by atoms with Gasteiger partial charge in [0.15, 0.2) is 0 Å². The average Bonchev–Trinajstić information content (AvgIpc) is 2.19. The van der Waals surface area contributed by atoms with Gasteiger partial charge in [-0.2, -0.15) is 5.26 Å². The summed E-state index contributed by atoms with van der Waals surface area (Å²) < 4.78 is 0. The third-order valence-electron chi connectivity index (χ3n) is 2.47. The lowest BCUT2D eigenvalue weighted by Gasteiger charge is -2.20. The van der Waals surface area contributed by atoms with Gasteiger partial charge in [-0.05, 0) is 25.0 Å². The number of aryl methyl sites for hydroxylation is 1. The maximum atomic E-state index is 8.65. The monoisotopic (exact) mass is 184 g/mol. The highest BCUT2D eigenvalue weighted by molar-refractivity contribution is 5.70. The molecule has 14 heavy (non-hydrogen) atoms. The summed E-state index contributed by atoms with van der Waals surface area (Å²) in [5.74, 6) is 0. The van der Waals surface area contributed by atoms with Gasteiger partial charge in [-0.15, -0.1) is 0 Å². The molecule has 0 saturated carbocycles. The summed E-state index contributed by atoms with van der Waals surface area (Å²) in [7, 11) is 0. The number of nitriles is 1. The van der Waals surface area contributed by atoms with Crippen LogP contribution < -0.4 is 5.32 Å². The fraction of sp³-hybridized carbons (Fsp3) is 0.250. The number of benzene rings is 1. The van der Waals surface area contributed by atoms with Crippen molar-refractivity contribution in [3.05, 3.63) is 41.0 Å². The Balaban J connectivity index is 2.53. The topological polar surface area (TPSA) is 35.8 Å². The van der Waals surface area contributed by atoms with Crippen molar-refractivity contribution in [2.24, 2.45) is 0 Å². The van der Waals surface area contributed by atoms with E-state index >= 15 is 0 Å². The first-order valence-electron chi connectivity index (χ1n) is 4.75. The quantitative estimate of drug-likeness (QED) is 0.626. The van der Waals surface area contributed by atoms with Crippen LogP contribution in [0, 0.1) is 18.3 Å². The van der Waals surface area contributed by atoms with E-state index in [2.05, 4.69) is 36.5 Å². The van der Waals surface area contributed by atoms with E-state index in [1.54, 1.807) is 6.08 Å². The Morgan fingerprint density at radius 2 is 2.36 bits per heavy atom. The van der Waals surface area contributed by atoms with Crippen LogP contribution in [0.25, 0.3) is 5.70 Å². The van der Waals surface area contributed by atoms with Crippen molar-refractivity contribution < 1.29 is 0 Å². The van der Waals surface area contributed by atoms with Crippen molar-refractivity contribution in [2.75, 3.05) is 6.54 Å². The Hall–Kier alpha value is -1.75. The molecule has 0 unspecified atom stereocenters. The average molecular weight is 184 g/mol. The van der Waals surface area contributed by atoms with E-state index in [-0.39, 0.29) is 0 Å². The molecule has 0 spiro atoms. The van der Waals surface area contributed by atoms with E-state index in [1.807, 2.05) is 0 Å². The minimum Gasteiger partial charge on any atom is -0.384 e. The maximum Gasteiger partial charge on any atom is 0.0933 e. The van der Waals surface area contributed by atoms with Gasteiger partial charge in [0.05, 0.1) is 11.8 Å². The molecule has 2 heteroatoms. The molecule has 1 N–H and O–H groups in total. The van der Waals surface area contributed by atoms with E-state index < -0.39 is 0 Å². The molecular weight excluding hydrogens is 172 g/mol. The van der Waals surface area contributed by atoms with Gasteiger partial charge >= 0.3 is 0 Å². The fourth-order valence-corrected chi connectivity index (χ4v) is 1.78. The molecule has 0 atom stereocenters. The number of nitrogens with one attached hydrogen (secondary N) is 1. The van der Waals surface area contributed by atoms with Crippen LogP contribution >= 0.6 is 0 Å². The van der Waals surface area contributed by atoms with Crippen molar-refractivity contribution in [1.29, 1.82) is 5.26 Å². The Morgan fingerprint density at radius 3 is 3.14 bits per heavy atom. The summed E-state index contributed by atoms with van der Waals surface area (Å²) in [6.07, 6.45) is 2.62. The normalized spacial score (nSPS) is 17.0. The molecule has 1 aromatic carbocycles. The number of fused-ring (bicyclic) bond motifs is 1. The van der Waals surface area contributed by atoms with E-state index in [0.29, 0.717) is 0 Å². The van der Waals surface area contributed by atoms with E-state index in [0.717, 1.165) is 18.7 Å². The Morgan fingerprint density at radius 1 is 1.50 bits per heavy atom. The van der Waals surface area contributed by atoms with Gasteiger partial charge in [0.25, 0.3) is 0 Å². The second kappa shape index (κ2) is 3.55. The highest BCUT2D eigenvalue weighted by atomic mass is 14.9. The minimum absolute atomic E-state index is 0.920. The van der Waals surface area contributed by atoms with Gasteiger partial charge in [-0.25, -0.2) is 0 Å². The first kappa shape index (κ1) is 8.83. The second-order valence-electron chi connectivity index (χ2n) is 3.52. The second-order valence-corrected chi connectivity index (χ2v) is 3.52. The zero-order chi connectivity index (χ0) is 9.97. The molecule has 1 aliphatic heterocycles. The number of hydrogen-bond acceptors (Lipinski definition) is 2. The van der Waals surface area contributed by atoms with Gasteiger partial charge in [-0.1, -0.05) is 17.7 Å². The summed E-state index contributed by atoms with van der Waals surface area (Å²) in [6.45, 7) is 2.99. The van der Waals surface area contributed by atoms with Crippen LogP contribution in [-0.4, -0.2) is 6.54 Å². The predicted molar refractivity (Wildman–Crippen MR) is 56.5 cm³/mol. The molecule has 0 fully saturated rings. The summed E-state index contributed by atoms with van der Waals surface area (Å²) >= 11 is 0. The summed E-state index contributed by atoms with van der Waals surface area (Å²) in [6, 6.07) is 8.47. The zero-order valence-corrected chi connectivity index (χ0v) is 8.17. The van der Waals surface area contributed by atoms with Crippen LogP contribution in [0.4, 0.5) is 0 Å². The highest BCUT2D eigenvalue weighted by Gasteiger charge is 2.12. The number of rotatable bonds is 0. The molecule has 0 saturated heterocycles. The van der Waals surface area contributed by atoms with Crippen molar-refractivity contribution in [2.45, 2.75) is 13.3 Å². The lowest BCUT2D eigenvalue weighted by Crippen LogP contribution is -2.22. The van der Waals surface area contributed by atoms with Crippen molar-refractivity contribution in [3.8, 4) is 6.07 Å². The zero-order valence-electron chi connectivity index (χ0n) is 8.17. The minimum atomic E-state index is 0.920. The first-order chi connectivity index (χ1) is 6.81. The molecule has 0 bridgehead atoms. The van der Waals surface area contributed by atoms with Gasteiger partial charge < -0.3 is 5.32 Å². The Bertz CT molecular complexity index is 424. The van der Waals surface area contributed by atoms with Crippen LogP contribution in [0.1, 0.15) is 16.7 Å². The van der Waals surface area contributed by atoms with Gasteiger partial charge in [-0.3, -0.25) is 0 Å².